The fourth-order valence-electron chi connectivity index (χ4n) is 0.527. The summed E-state index contributed by atoms with van der Waals surface area (Å²) in [5.74, 6) is 0. The summed E-state index contributed by atoms with van der Waals surface area (Å²) in [6.07, 6.45) is 0.633. The van der Waals surface area contributed by atoms with Crippen molar-refractivity contribution in [3.63, 3.8) is 0 Å². The standard InChI is InChI=1S/C6H13FO2/c1-6(7,5-9)3-2-4-8/h8-9H,2-5H2,1H3/t6-/m1/s1. The smallest absolute Gasteiger partial charge is 0.131 e. The summed E-state index contributed by atoms with van der Waals surface area (Å²) < 4.78 is 12.6. The average Bonchev–Trinajstić information content (AvgIpc) is 1.84. The topological polar surface area (TPSA) is 40.5 Å². The van der Waals surface area contributed by atoms with E-state index in [-0.39, 0.29) is 13.0 Å². The van der Waals surface area contributed by atoms with Crippen LogP contribution in [-0.2, 0) is 0 Å². The zero-order valence-electron chi connectivity index (χ0n) is 5.60. The molecule has 56 valence electrons. The molecular formula is C6H13FO2. The van der Waals surface area contributed by atoms with Crippen molar-refractivity contribution >= 4 is 0 Å². The second kappa shape index (κ2) is 3.80. The lowest BCUT2D eigenvalue weighted by molar-refractivity contribution is 0.0724. The molecule has 0 saturated heterocycles. The molecule has 1 atom stereocenters. The number of halogens is 1. The largest absolute Gasteiger partial charge is 0.396 e. The van der Waals surface area contributed by atoms with E-state index in [9.17, 15) is 4.39 Å². The zero-order valence-corrected chi connectivity index (χ0v) is 5.60. The van der Waals surface area contributed by atoms with E-state index in [4.69, 9.17) is 10.2 Å². The van der Waals surface area contributed by atoms with Crippen molar-refractivity contribution in [1.82, 2.24) is 0 Å². The van der Waals surface area contributed by atoms with Gasteiger partial charge in [-0.3, -0.25) is 0 Å². The normalized spacial score (nSPS) is 17.3. The minimum atomic E-state index is -1.51. The fourth-order valence-corrected chi connectivity index (χ4v) is 0.527. The average molecular weight is 136 g/mol. The third-order valence-corrected chi connectivity index (χ3v) is 1.19. The van der Waals surface area contributed by atoms with Crippen LogP contribution in [0.2, 0.25) is 0 Å². The van der Waals surface area contributed by atoms with Crippen LogP contribution in [-0.4, -0.2) is 29.1 Å². The number of alkyl halides is 1. The van der Waals surface area contributed by atoms with Gasteiger partial charge in [-0.1, -0.05) is 0 Å². The lowest BCUT2D eigenvalue weighted by Crippen LogP contribution is -2.23. The number of rotatable bonds is 4. The predicted octanol–water partition coefficient (Wildman–Crippen LogP) is 0.479. The van der Waals surface area contributed by atoms with Crippen LogP contribution in [0.1, 0.15) is 19.8 Å². The first-order chi connectivity index (χ1) is 4.12. The summed E-state index contributed by atoms with van der Waals surface area (Å²) in [4.78, 5) is 0. The molecular weight excluding hydrogens is 123 g/mol. The van der Waals surface area contributed by atoms with Gasteiger partial charge in [-0.15, -0.1) is 0 Å². The Bertz CT molecular complexity index is 73.5. The Hall–Kier alpha value is -0.150. The summed E-state index contributed by atoms with van der Waals surface area (Å²) in [5.41, 5.74) is -1.51. The minimum Gasteiger partial charge on any atom is -0.396 e. The van der Waals surface area contributed by atoms with Crippen LogP contribution >= 0.6 is 0 Å². The number of hydrogen-bond acceptors (Lipinski definition) is 2. The number of hydrogen-bond donors (Lipinski definition) is 2. The van der Waals surface area contributed by atoms with E-state index in [1.807, 2.05) is 0 Å². The predicted molar refractivity (Wildman–Crippen MR) is 32.9 cm³/mol. The molecule has 2 N–H and O–H groups in total. The van der Waals surface area contributed by atoms with E-state index in [0.29, 0.717) is 6.42 Å². The van der Waals surface area contributed by atoms with Crippen molar-refractivity contribution < 1.29 is 14.6 Å². The number of aliphatic hydroxyl groups is 2. The summed E-state index contributed by atoms with van der Waals surface area (Å²) in [5, 5.41) is 16.6. The van der Waals surface area contributed by atoms with Gasteiger partial charge in [0.05, 0.1) is 6.61 Å². The lowest BCUT2D eigenvalue weighted by atomic mass is 10.0. The van der Waals surface area contributed by atoms with Crippen LogP contribution in [0.15, 0.2) is 0 Å². The first-order valence-corrected chi connectivity index (χ1v) is 3.03. The third-order valence-electron chi connectivity index (χ3n) is 1.19. The third kappa shape index (κ3) is 4.36. The van der Waals surface area contributed by atoms with Gasteiger partial charge < -0.3 is 10.2 Å². The zero-order chi connectivity index (χ0) is 7.33. The number of aliphatic hydroxyl groups excluding tert-OH is 2. The Morgan fingerprint density at radius 2 is 2.00 bits per heavy atom. The Labute approximate surface area is 54.3 Å². The molecule has 0 bridgehead atoms. The van der Waals surface area contributed by atoms with E-state index >= 15 is 0 Å². The van der Waals surface area contributed by atoms with Crippen molar-refractivity contribution in [3.05, 3.63) is 0 Å². The molecule has 0 heterocycles. The molecule has 0 amide bonds. The van der Waals surface area contributed by atoms with Crippen LogP contribution in [0.5, 0.6) is 0 Å². The maximum absolute atomic E-state index is 12.6. The van der Waals surface area contributed by atoms with Crippen molar-refractivity contribution in [2.24, 2.45) is 0 Å². The monoisotopic (exact) mass is 136 g/mol. The van der Waals surface area contributed by atoms with Crippen molar-refractivity contribution in [3.8, 4) is 0 Å². The van der Waals surface area contributed by atoms with Gasteiger partial charge in [0.2, 0.25) is 0 Å². The first-order valence-electron chi connectivity index (χ1n) is 3.03. The minimum absolute atomic E-state index is 0.0144. The first kappa shape index (κ1) is 8.85. The fraction of sp³-hybridized carbons (Fsp3) is 1.00. The highest BCUT2D eigenvalue weighted by molar-refractivity contribution is 4.70. The van der Waals surface area contributed by atoms with E-state index in [2.05, 4.69) is 0 Å². The van der Waals surface area contributed by atoms with Gasteiger partial charge in [-0.2, -0.15) is 0 Å². The summed E-state index contributed by atoms with van der Waals surface area (Å²) in [6.45, 7) is 0.842. The van der Waals surface area contributed by atoms with Crippen molar-refractivity contribution in [2.75, 3.05) is 13.2 Å². The molecule has 0 saturated carbocycles. The molecule has 3 heteroatoms. The molecule has 0 aromatic heterocycles. The molecule has 0 spiro atoms. The van der Waals surface area contributed by atoms with Crippen molar-refractivity contribution in [1.29, 1.82) is 0 Å². The van der Waals surface area contributed by atoms with E-state index < -0.39 is 12.3 Å². The Balaban J connectivity index is 3.33. The van der Waals surface area contributed by atoms with E-state index in [1.54, 1.807) is 0 Å². The van der Waals surface area contributed by atoms with Crippen LogP contribution in [0.4, 0.5) is 4.39 Å². The Morgan fingerprint density at radius 3 is 2.33 bits per heavy atom. The Kier molecular flexibility index (Phi) is 3.73. The van der Waals surface area contributed by atoms with Gasteiger partial charge in [0.1, 0.15) is 5.67 Å². The van der Waals surface area contributed by atoms with Gasteiger partial charge in [-0.05, 0) is 19.8 Å². The van der Waals surface area contributed by atoms with Gasteiger partial charge in [-0.25, -0.2) is 4.39 Å². The molecule has 0 rings (SSSR count). The second-order valence-corrected chi connectivity index (χ2v) is 2.40. The summed E-state index contributed by atoms with van der Waals surface area (Å²) >= 11 is 0. The summed E-state index contributed by atoms with van der Waals surface area (Å²) in [6, 6.07) is 0. The van der Waals surface area contributed by atoms with Gasteiger partial charge in [0.25, 0.3) is 0 Å². The maximum atomic E-state index is 12.6. The molecule has 0 fully saturated rings. The molecule has 0 aliphatic carbocycles. The molecule has 0 radical (unpaired) electrons. The SMILES string of the molecule is C[C@](F)(CO)CCCO. The lowest BCUT2D eigenvalue weighted by Gasteiger charge is -2.15. The highest BCUT2D eigenvalue weighted by Crippen LogP contribution is 2.15. The molecule has 0 aromatic carbocycles. The second-order valence-electron chi connectivity index (χ2n) is 2.40. The maximum Gasteiger partial charge on any atom is 0.131 e. The highest BCUT2D eigenvalue weighted by Gasteiger charge is 2.20. The molecule has 9 heavy (non-hydrogen) atoms. The Morgan fingerprint density at radius 1 is 1.44 bits per heavy atom. The molecule has 0 aliphatic heterocycles. The van der Waals surface area contributed by atoms with Crippen LogP contribution < -0.4 is 0 Å². The molecule has 2 nitrogen and oxygen atoms in total. The molecule has 0 aromatic rings. The summed E-state index contributed by atoms with van der Waals surface area (Å²) in [7, 11) is 0. The quantitative estimate of drug-likeness (QED) is 0.590. The van der Waals surface area contributed by atoms with Gasteiger partial charge in [0.15, 0.2) is 0 Å². The van der Waals surface area contributed by atoms with Crippen LogP contribution in [0.25, 0.3) is 0 Å². The molecule has 0 aliphatic rings. The van der Waals surface area contributed by atoms with E-state index in [1.165, 1.54) is 6.92 Å². The van der Waals surface area contributed by atoms with Gasteiger partial charge >= 0.3 is 0 Å². The van der Waals surface area contributed by atoms with Gasteiger partial charge in [0, 0.05) is 6.61 Å². The molecule has 0 unspecified atom stereocenters. The van der Waals surface area contributed by atoms with E-state index in [0.717, 1.165) is 0 Å². The highest BCUT2D eigenvalue weighted by atomic mass is 19.1. The van der Waals surface area contributed by atoms with Crippen LogP contribution in [0.3, 0.4) is 0 Å². The van der Waals surface area contributed by atoms with Crippen LogP contribution in [0, 0.1) is 0 Å². The van der Waals surface area contributed by atoms with Crippen molar-refractivity contribution in [2.45, 2.75) is 25.4 Å².